The maximum absolute atomic E-state index is 5.46. The molecule has 4 heteroatoms. The van der Waals surface area contributed by atoms with E-state index in [1.54, 1.807) is 0 Å². The molecule has 20 heavy (non-hydrogen) atoms. The molecule has 2 unspecified atom stereocenters. The number of piperidine rings is 1. The van der Waals surface area contributed by atoms with Crippen molar-refractivity contribution in [1.29, 1.82) is 0 Å². The zero-order chi connectivity index (χ0) is 13.9. The minimum atomic E-state index is 0.408. The Kier molecular flexibility index (Phi) is 3.83. The van der Waals surface area contributed by atoms with E-state index in [1.165, 1.54) is 11.1 Å². The second-order valence-corrected chi connectivity index (χ2v) is 5.79. The van der Waals surface area contributed by atoms with Gasteiger partial charge in [0.2, 0.25) is 5.89 Å². The summed E-state index contributed by atoms with van der Waals surface area (Å²) in [5, 5.41) is 7.57. The summed E-state index contributed by atoms with van der Waals surface area (Å²) < 4.78 is 5.46. The molecule has 1 saturated heterocycles. The van der Waals surface area contributed by atoms with Crippen molar-refractivity contribution in [2.45, 2.75) is 45.1 Å². The third-order valence-corrected chi connectivity index (χ3v) is 3.94. The molecule has 1 aliphatic rings. The zero-order valence-corrected chi connectivity index (χ0v) is 12.1. The van der Waals surface area contributed by atoms with Gasteiger partial charge < -0.3 is 9.84 Å². The first kappa shape index (κ1) is 13.3. The molecule has 1 aliphatic heterocycles. The Balaban J connectivity index is 1.68. The van der Waals surface area contributed by atoms with Crippen LogP contribution in [-0.4, -0.2) is 22.7 Å². The number of aromatic nitrogens is 2. The zero-order valence-electron chi connectivity index (χ0n) is 12.1. The summed E-state index contributed by atoms with van der Waals surface area (Å²) in [7, 11) is 0. The number of rotatable bonds is 3. The van der Waals surface area contributed by atoms with E-state index < -0.39 is 0 Å². The van der Waals surface area contributed by atoms with E-state index >= 15 is 0 Å². The van der Waals surface area contributed by atoms with Crippen molar-refractivity contribution in [3.8, 4) is 0 Å². The fraction of sp³-hybridized carbons (Fsp3) is 0.500. The fourth-order valence-corrected chi connectivity index (χ4v) is 2.75. The van der Waals surface area contributed by atoms with Crippen LogP contribution in [0.3, 0.4) is 0 Å². The summed E-state index contributed by atoms with van der Waals surface area (Å²) in [6.45, 7) is 5.33. The van der Waals surface area contributed by atoms with Gasteiger partial charge in [0.25, 0.3) is 0 Å². The quantitative estimate of drug-likeness (QED) is 0.932. The second kappa shape index (κ2) is 5.75. The van der Waals surface area contributed by atoms with Crippen LogP contribution >= 0.6 is 0 Å². The molecule has 2 heterocycles. The largest absolute Gasteiger partial charge is 0.339 e. The molecule has 4 nitrogen and oxygen atoms in total. The number of aryl methyl sites for hydroxylation is 1. The van der Waals surface area contributed by atoms with Crippen LogP contribution in [0.5, 0.6) is 0 Å². The summed E-state index contributed by atoms with van der Waals surface area (Å²) in [6, 6.07) is 9.01. The van der Waals surface area contributed by atoms with Crippen LogP contribution in [0.25, 0.3) is 0 Å². The lowest BCUT2D eigenvalue weighted by molar-refractivity contribution is 0.294. The predicted molar refractivity (Wildman–Crippen MR) is 77.7 cm³/mol. The van der Waals surface area contributed by atoms with Gasteiger partial charge in [-0.1, -0.05) is 35.0 Å². The smallest absolute Gasteiger partial charge is 0.229 e. The van der Waals surface area contributed by atoms with E-state index in [-0.39, 0.29) is 0 Å². The molecule has 0 amide bonds. The van der Waals surface area contributed by atoms with E-state index in [9.17, 15) is 0 Å². The Morgan fingerprint density at radius 1 is 1.30 bits per heavy atom. The van der Waals surface area contributed by atoms with Crippen LogP contribution in [0.4, 0.5) is 0 Å². The van der Waals surface area contributed by atoms with Gasteiger partial charge in [-0.05, 0) is 38.8 Å². The van der Waals surface area contributed by atoms with Gasteiger partial charge in [0.15, 0.2) is 5.82 Å². The molecule has 1 fully saturated rings. The number of hydrogen-bond donors (Lipinski definition) is 1. The Morgan fingerprint density at radius 2 is 2.10 bits per heavy atom. The van der Waals surface area contributed by atoms with Crippen molar-refractivity contribution in [3.05, 3.63) is 47.1 Å². The van der Waals surface area contributed by atoms with Crippen molar-refractivity contribution in [3.63, 3.8) is 0 Å². The molecule has 0 radical (unpaired) electrons. The minimum absolute atomic E-state index is 0.408. The second-order valence-electron chi connectivity index (χ2n) is 5.79. The van der Waals surface area contributed by atoms with Gasteiger partial charge in [-0.2, -0.15) is 4.98 Å². The first-order chi connectivity index (χ1) is 9.70. The lowest BCUT2D eigenvalue weighted by Gasteiger charge is -2.25. The SMILES string of the molecule is Cc1ccc(Cc2noc(C3CCNC(C)C3)n2)cc1. The summed E-state index contributed by atoms with van der Waals surface area (Å²) in [5.41, 5.74) is 2.49. The Morgan fingerprint density at radius 3 is 2.85 bits per heavy atom. The van der Waals surface area contributed by atoms with E-state index in [4.69, 9.17) is 4.52 Å². The van der Waals surface area contributed by atoms with Crippen LogP contribution < -0.4 is 5.32 Å². The average molecular weight is 271 g/mol. The molecular weight excluding hydrogens is 250 g/mol. The molecule has 1 N–H and O–H groups in total. The number of benzene rings is 1. The van der Waals surface area contributed by atoms with Gasteiger partial charge in [-0.15, -0.1) is 0 Å². The van der Waals surface area contributed by atoms with Crippen molar-refractivity contribution in [2.24, 2.45) is 0 Å². The highest BCUT2D eigenvalue weighted by molar-refractivity contribution is 5.23. The number of nitrogens with one attached hydrogen (secondary N) is 1. The van der Waals surface area contributed by atoms with Crippen molar-refractivity contribution in [2.75, 3.05) is 6.54 Å². The highest BCUT2D eigenvalue weighted by Gasteiger charge is 2.24. The van der Waals surface area contributed by atoms with Crippen molar-refractivity contribution < 1.29 is 4.52 Å². The van der Waals surface area contributed by atoms with Gasteiger partial charge in [-0.3, -0.25) is 0 Å². The van der Waals surface area contributed by atoms with Crippen molar-refractivity contribution in [1.82, 2.24) is 15.5 Å². The highest BCUT2D eigenvalue weighted by Crippen LogP contribution is 2.26. The molecule has 2 atom stereocenters. The van der Waals surface area contributed by atoms with Gasteiger partial charge in [-0.25, -0.2) is 0 Å². The Hall–Kier alpha value is -1.68. The van der Waals surface area contributed by atoms with Crippen LogP contribution in [0.15, 0.2) is 28.8 Å². The standard InChI is InChI=1S/C16H21N3O/c1-11-3-5-13(6-4-11)10-15-18-16(20-19-15)14-7-8-17-12(2)9-14/h3-6,12,14,17H,7-10H2,1-2H3. The normalized spacial score (nSPS) is 22.9. The monoisotopic (exact) mass is 271 g/mol. The van der Waals surface area contributed by atoms with Gasteiger partial charge >= 0.3 is 0 Å². The van der Waals surface area contributed by atoms with Gasteiger partial charge in [0.1, 0.15) is 0 Å². The van der Waals surface area contributed by atoms with Gasteiger partial charge in [0.05, 0.1) is 0 Å². The van der Waals surface area contributed by atoms with E-state index in [0.29, 0.717) is 12.0 Å². The van der Waals surface area contributed by atoms with E-state index in [1.807, 2.05) is 0 Å². The van der Waals surface area contributed by atoms with Crippen LogP contribution in [0.1, 0.15) is 48.5 Å². The lowest BCUT2D eigenvalue weighted by Crippen LogP contribution is -2.34. The molecule has 2 aromatic rings. The first-order valence-electron chi connectivity index (χ1n) is 7.32. The lowest BCUT2D eigenvalue weighted by atomic mass is 9.93. The van der Waals surface area contributed by atoms with E-state index in [0.717, 1.165) is 37.5 Å². The number of hydrogen-bond acceptors (Lipinski definition) is 4. The average Bonchev–Trinajstić information content (AvgIpc) is 2.90. The molecule has 0 bridgehead atoms. The molecule has 1 aromatic carbocycles. The van der Waals surface area contributed by atoms with Crippen molar-refractivity contribution >= 4 is 0 Å². The molecule has 0 saturated carbocycles. The highest BCUT2D eigenvalue weighted by atomic mass is 16.5. The molecule has 0 aliphatic carbocycles. The summed E-state index contributed by atoms with van der Waals surface area (Å²) in [4.78, 5) is 4.58. The topological polar surface area (TPSA) is 51.0 Å². The van der Waals surface area contributed by atoms with Crippen LogP contribution in [0, 0.1) is 6.92 Å². The third kappa shape index (κ3) is 3.07. The van der Waals surface area contributed by atoms with Crippen LogP contribution in [-0.2, 0) is 6.42 Å². The third-order valence-electron chi connectivity index (χ3n) is 3.94. The summed E-state index contributed by atoms with van der Waals surface area (Å²) in [6.07, 6.45) is 2.90. The van der Waals surface area contributed by atoms with Crippen LogP contribution in [0.2, 0.25) is 0 Å². The fourth-order valence-electron chi connectivity index (χ4n) is 2.75. The Labute approximate surface area is 119 Å². The molecule has 3 rings (SSSR count). The van der Waals surface area contributed by atoms with E-state index in [2.05, 4.69) is 53.6 Å². The maximum Gasteiger partial charge on any atom is 0.229 e. The minimum Gasteiger partial charge on any atom is -0.339 e. The predicted octanol–water partition coefficient (Wildman–Crippen LogP) is 2.82. The molecule has 0 spiro atoms. The maximum atomic E-state index is 5.46. The summed E-state index contributed by atoms with van der Waals surface area (Å²) >= 11 is 0. The first-order valence-corrected chi connectivity index (χ1v) is 7.32. The van der Waals surface area contributed by atoms with Gasteiger partial charge in [0, 0.05) is 18.4 Å². The molecule has 106 valence electrons. The molecule has 1 aromatic heterocycles. The molecular formula is C16H21N3O. The summed E-state index contributed by atoms with van der Waals surface area (Å²) in [5.74, 6) is 2.00. The Bertz CT molecular complexity index is 561. The number of nitrogens with zero attached hydrogens (tertiary/aromatic N) is 2.